The van der Waals surface area contributed by atoms with Gasteiger partial charge in [-0.15, -0.1) is 11.3 Å². The average Bonchev–Trinajstić information content (AvgIpc) is 3.18. The van der Waals surface area contributed by atoms with Gasteiger partial charge in [-0.2, -0.15) is 4.31 Å². The Balaban J connectivity index is 1.93. The molecule has 2 heterocycles. The largest absolute Gasteiger partial charge is 0.295 e. The molecule has 22 heavy (non-hydrogen) atoms. The molecule has 1 aromatic carbocycles. The summed E-state index contributed by atoms with van der Waals surface area (Å²) in [6.07, 6.45) is 1.72. The second-order valence-electron chi connectivity index (χ2n) is 5.37. The number of Topliss-reactive ketones (excluding diaryl/α,β-unsaturated/α-hetero) is 1. The molecule has 0 N–H and O–H groups in total. The number of ketones is 1. The van der Waals surface area contributed by atoms with Crippen molar-refractivity contribution in [2.45, 2.75) is 30.7 Å². The topological polar surface area (TPSA) is 54.5 Å². The monoisotopic (exact) mass is 335 g/mol. The second-order valence-corrected chi connectivity index (χ2v) is 8.24. The van der Waals surface area contributed by atoms with Crippen molar-refractivity contribution in [1.29, 1.82) is 0 Å². The van der Waals surface area contributed by atoms with Gasteiger partial charge >= 0.3 is 0 Å². The molecule has 0 saturated carbocycles. The molecule has 4 nitrogen and oxygen atoms in total. The Bertz CT molecular complexity index is 764. The number of carbonyl (C=O) groups is 1. The first kappa shape index (κ1) is 15.4. The molecule has 0 spiro atoms. The van der Waals surface area contributed by atoms with E-state index in [1.165, 1.54) is 19.1 Å². The van der Waals surface area contributed by atoms with Gasteiger partial charge in [0.25, 0.3) is 0 Å². The van der Waals surface area contributed by atoms with Crippen LogP contribution in [-0.2, 0) is 10.0 Å². The number of sulfonamides is 1. The zero-order chi connectivity index (χ0) is 15.7. The zero-order valence-electron chi connectivity index (χ0n) is 12.2. The molecule has 0 unspecified atom stereocenters. The van der Waals surface area contributed by atoms with Crippen LogP contribution in [0.5, 0.6) is 0 Å². The van der Waals surface area contributed by atoms with Crippen LogP contribution in [0.2, 0.25) is 0 Å². The van der Waals surface area contributed by atoms with Gasteiger partial charge in [-0.3, -0.25) is 4.79 Å². The molecule has 1 atom stereocenters. The predicted molar refractivity (Wildman–Crippen MR) is 86.6 cm³/mol. The van der Waals surface area contributed by atoms with E-state index in [1.807, 2.05) is 17.5 Å². The molecule has 1 saturated heterocycles. The fourth-order valence-corrected chi connectivity index (χ4v) is 5.40. The minimum atomic E-state index is -3.53. The molecule has 6 heteroatoms. The van der Waals surface area contributed by atoms with Crippen LogP contribution in [-0.4, -0.2) is 25.1 Å². The summed E-state index contributed by atoms with van der Waals surface area (Å²) in [5.41, 5.74) is 0.523. The predicted octanol–water partition coefficient (Wildman–Crippen LogP) is 3.48. The molecule has 0 radical (unpaired) electrons. The van der Waals surface area contributed by atoms with Crippen molar-refractivity contribution < 1.29 is 13.2 Å². The molecule has 116 valence electrons. The SMILES string of the molecule is CC(=O)c1ccc(S(=O)(=O)N2CCC[C@H]2c2cccs2)cc1. The van der Waals surface area contributed by atoms with E-state index in [-0.39, 0.29) is 16.7 Å². The smallest absolute Gasteiger partial charge is 0.243 e. The van der Waals surface area contributed by atoms with E-state index < -0.39 is 10.0 Å². The second kappa shape index (κ2) is 5.95. The van der Waals surface area contributed by atoms with Crippen LogP contribution >= 0.6 is 11.3 Å². The van der Waals surface area contributed by atoms with E-state index in [0.29, 0.717) is 12.1 Å². The lowest BCUT2D eigenvalue weighted by Crippen LogP contribution is -2.30. The summed E-state index contributed by atoms with van der Waals surface area (Å²) < 4.78 is 27.3. The third-order valence-electron chi connectivity index (χ3n) is 3.94. The number of rotatable bonds is 4. The third-order valence-corrected chi connectivity index (χ3v) is 6.84. The average molecular weight is 335 g/mol. The standard InChI is InChI=1S/C16H17NO3S2/c1-12(18)13-6-8-14(9-7-13)22(19,20)17-10-2-4-15(17)16-5-3-11-21-16/h3,5-9,11,15H,2,4,10H2,1H3/t15-/m0/s1. The first-order valence-corrected chi connectivity index (χ1v) is 9.48. The van der Waals surface area contributed by atoms with Gasteiger partial charge in [0.2, 0.25) is 10.0 Å². The van der Waals surface area contributed by atoms with E-state index >= 15 is 0 Å². The first-order chi connectivity index (χ1) is 10.5. The Morgan fingerprint density at radius 3 is 2.55 bits per heavy atom. The highest BCUT2D eigenvalue weighted by molar-refractivity contribution is 7.89. The minimum Gasteiger partial charge on any atom is -0.295 e. The summed E-state index contributed by atoms with van der Waals surface area (Å²) in [6, 6.07) is 10.1. The molecule has 2 aromatic rings. The summed E-state index contributed by atoms with van der Waals surface area (Å²) in [5.74, 6) is -0.0680. The summed E-state index contributed by atoms with van der Waals surface area (Å²) in [6.45, 7) is 2.01. The first-order valence-electron chi connectivity index (χ1n) is 7.16. The number of hydrogen-bond acceptors (Lipinski definition) is 4. The summed E-state index contributed by atoms with van der Waals surface area (Å²) in [4.78, 5) is 12.6. The Labute approximate surface area is 134 Å². The van der Waals surface area contributed by atoms with Crippen LogP contribution in [0, 0.1) is 0 Å². The Hall–Kier alpha value is -1.50. The Morgan fingerprint density at radius 2 is 1.95 bits per heavy atom. The molecule has 1 aromatic heterocycles. The van der Waals surface area contributed by atoms with Gasteiger partial charge in [0, 0.05) is 17.0 Å². The normalized spacial score (nSPS) is 19.4. The van der Waals surface area contributed by atoms with Gasteiger partial charge in [0.15, 0.2) is 5.78 Å². The Morgan fingerprint density at radius 1 is 1.23 bits per heavy atom. The van der Waals surface area contributed by atoms with Crippen LogP contribution in [0.1, 0.15) is 41.0 Å². The number of benzene rings is 1. The minimum absolute atomic E-state index is 0.0680. The molecule has 0 amide bonds. The zero-order valence-corrected chi connectivity index (χ0v) is 13.9. The molecule has 1 fully saturated rings. The number of nitrogens with zero attached hydrogens (tertiary/aromatic N) is 1. The van der Waals surface area contributed by atoms with E-state index in [1.54, 1.807) is 27.8 Å². The van der Waals surface area contributed by atoms with Crippen molar-refractivity contribution in [3.63, 3.8) is 0 Å². The van der Waals surface area contributed by atoms with Gasteiger partial charge in [-0.05, 0) is 43.3 Å². The quantitative estimate of drug-likeness (QED) is 0.804. The molecule has 0 bridgehead atoms. The Kier molecular flexibility index (Phi) is 4.16. The highest BCUT2D eigenvalue weighted by atomic mass is 32.2. The lowest BCUT2D eigenvalue weighted by atomic mass is 10.2. The summed E-state index contributed by atoms with van der Waals surface area (Å²) >= 11 is 1.59. The van der Waals surface area contributed by atoms with Crippen molar-refractivity contribution in [2.75, 3.05) is 6.54 Å². The van der Waals surface area contributed by atoms with Crippen molar-refractivity contribution >= 4 is 27.1 Å². The maximum atomic E-state index is 12.9. The lowest BCUT2D eigenvalue weighted by molar-refractivity contribution is 0.101. The van der Waals surface area contributed by atoms with Crippen molar-refractivity contribution in [3.05, 3.63) is 52.2 Å². The van der Waals surface area contributed by atoms with E-state index in [0.717, 1.165) is 17.7 Å². The van der Waals surface area contributed by atoms with Crippen LogP contribution in [0.25, 0.3) is 0 Å². The van der Waals surface area contributed by atoms with Gasteiger partial charge in [-0.25, -0.2) is 8.42 Å². The summed E-state index contributed by atoms with van der Waals surface area (Å²) in [5, 5.41) is 1.97. The number of carbonyl (C=O) groups excluding carboxylic acids is 1. The van der Waals surface area contributed by atoms with E-state index in [9.17, 15) is 13.2 Å². The van der Waals surface area contributed by atoms with Crippen LogP contribution in [0.15, 0.2) is 46.7 Å². The molecule has 1 aliphatic heterocycles. The third kappa shape index (κ3) is 2.74. The van der Waals surface area contributed by atoms with E-state index in [4.69, 9.17) is 0 Å². The van der Waals surface area contributed by atoms with Crippen LogP contribution < -0.4 is 0 Å². The van der Waals surface area contributed by atoms with Crippen molar-refractivity contribution in [3.8, 4) is 0 Å². The van der Waals surface area contributed by atoms with Crippen LogP contribution in [0.4, 0.5) is 0 Å². The van der Waals surface area contributed by atoms with Crippen molar-refractivity contribution in [1.82, 2.24) is 4.31 Å². The van der Waals surface area contributed by atoms with Gasteiger partial charge < -0.3 is 0 Å². The van der Waals surface area contributed by atoms with Gasteiger partial charge in [-0.1, -0.05) is 18.2 Å². The van der Waals surface area contributed by atoms with Crippen LogP contribution in [0.3, 0.4) is 0 Å². The van der Waals surface area contributed by atoms with Gasteiger partial charge in [0.1, 0.15) is 0 Å². The highest BCUT2D eigenvalue weighted by Crippen LogP contribution is 2.38. The molecule has 0 aliphatic carbocycles. The van der Waals surface area contributed by atoms with Gasteiger partial charge in [0.05, 0.1) is 10.9 Å². The van der Waals surface area contributed by atoms with E-state index in [2.05, 4.69) is 0 Å². The maximum Gasteiger partial charge on any atom is 0.243 e. The number of thiophene rings is 1. The molecule has 1 aliphatic rings. The fraction of sp³-hybridized carbons (Fsp3) is 0.312. The molecular weight excluding hydrogens is 318 g/mol. The lowest BCUT2D eigenvalue weighted by Gasteiger charge is -2.23. The maximum absolute atomic E-state index is 12.9. The molecule has 3 rings (SSSR count). The number of hydrogen-bond donors (Lipinski definition) is 0. The highest BCUT2D eigenvalue weighted by Gasteiger charge is 2.36. The fourth-order valence-electron chi connectivity index (χ4n) is 2.79. The summed E-state index contributed by atoms with van der Waals surface area (Å²) in [7, 11) is -3.53. The van der Waals surface area contributed by atoms with Crippen molar-refractivity contribution in [2.24, 2.45) is 0 Å². The molecular formula is C16H17NO3S2.